The summed E-state index contributed by atoms with van der Waals surface area (Å²) in [6.45, 7) is 3.48. The first-order chi connectivity index (χ1) is 16.4. The van der Waals surface area contributed by atoms with Gasteiger partial charge in [-0.25, -0.2) is 0 Å². The molecule has 2 aromatic heterocycles. The van der Waals surface area contributed by atoms with Crippen LogP contribution in [0.25, 0.3) is 21.8 Å². The summed E-state index contributed by atoms with van der Waals surface area (Å²) < 4.78 is 0. The van der Waals surface area contributed by atoms with Gasteiger partial charge in [-0.3, -0.25) is 9.97 Å². The van der Waals surface area contributed by atoms with Crippen molar-refractivity contribution in [1.29, 1.82) is 0 Å². The Bertz CT molecular complexity index is 1340. The third-order valence-electron chi connectivity index (χ3n) is 5.07. The van der Waals surface area contributed by atoms with Gasteiger partial charge < -0.3 is 19.8 Å². The minimum absolute atomic E-state index is 0. The van der Waals surface area contributed by atoms with E-state index >= 15 is 0 Å². The molecule has 0 atom stereocenters. The Kier molecular flexibility index (Phi) is 10.1. The molecule has 0 amide bonds. The molecule has 179 valence electrons. The van der Waals surface area contributed by atoms with Gasteiger partial charge in [-0.1, -0.05) is 72.8 Å². The Morgan fingerprint density at radius 1 is 0.571 bits per heavy atom. The van der Waals surface area contributed by atoms with Gasteiger partial charge in [0, 0.05) is 34.3 Å². The third kappa shape index (κ3) is 7.21. The molecule has 2 heterocycles. The molecule has 0 bridgehead atoms. The molecule has 0 unspecified atom stereocenters. The number of carbonyl (C=O) groups is 2. The number of carbonyl (C=O) groups excluding carboxylic acids is 2. The summed E-state index contributed by atoms with van der Waals surface area (Å²) in [6.07, 6.45) is 3.60. The summed E-state index contributed by atoms with van der Waals surface area (Å²) in [4.78, 5) is 29.3. The maximum absolute atomic E-state index is 10.3. The minimum atomic E-state index is -1.11. The molecule has 0 aliphatic rings. The van der Waals surface area contributed by atoms with E-state index in [4.69, 9.17) is 0 Å². The molecule has 1 radical (unpaired) electrons. The van der Waals surface area contributed by atoms with Crippen LogP contribution in [0.1, 0.15) is 31.8 Å². The fourth-order valence-corrected chi connectivity index (χ4v) is 3.28. The molecule has 0 saturated carbocycles. The van der Waals surface area contributed by atoms with Crippen LogP contribution in [-0.2, 0) is 17.1 Å². The van der Waals surface area contributed by atoms with Gasteiger partial charge in [-0.2, -0.15) is 0 Å². The molecule has 0 spiro atoms. The minimum Gasteiger partial charge on any atom is -0.545 e. The molecule has 0 fully saturated rings. The van der Waals surface area contributed by atoms with Crippen LogP contribution in [0, 0.1) is 13.8 Å². The molecule has 35 heavy (non-hydrogen) atoms. The number of carboxylic acid groups (broad SMARTS) is 2. The molecule has 5 aromatic rings. The number of nitrogens with zero attached hydrogens (tertiary/aromatic N) is 2. The van der Waals surface area contributed by atoms with Gasteiger partial charge in [0.2, 0.25) is 0 Å². The monoisotopic (exact) mass is 513 g/mol. The van der Waals surface area contributed by atoms with Crippen LogP contribution in [-0.4, -0.2) is 21.9 Å². The SMILES string of the molecule is Cc1ccccc1C(=O)[O-].Cc1ccccc1C(=O)[O-].[Cu+2].c1cnc2c(c1)ccc1cccnc12. The van der Waals surface area contributed by atoms with E-state index in [1.807, 2.05) is 12.1 Å². The first kappa shape index (κ1) is 27.2. The van der Waals surface area contributed by atoms with Gasteiger partial charge in [0.05, 0.1) is 23.0 Å². The smallest absolute Gasteiger partial charge is 0.545 e. The summed E-state index contributed by atoms with van der Waals surface area (Å²) >= 11 is 0. The van der Waals surface area contributed by atoms with Crippen molar-refractivity contribution in [3.8, 4) is 0 Å². The topological polar surface area (TPSA) is 106 Å². The van der Waals surface area contributed by atoms with Gasteiger partial charge in [-0.15, -0.1) is 0 Å². The van der Waals surface area contributed by atoms with Crippen LogP contribution in [0.5, 0.6) is 0 Å². The molecule has 7 heteroatoms. The van der Waals surface area contributed by atoms with Crippen LogP contribution < -0.4 is 10.2 Å². The van der Waals surface area contributed by atoms with E-state index in [2.05, 4.69) is 34.2 Å². The second-order valence-corrected chi connectivity index (χ2v) is 7.42. The number of hydrogen-bond donors (Lipinski definition) is 0. The second-order valence-electron chi connectivity index (χ2n) is 7.42. The van der Waals surface area contributed by atoms with Gasteiger partial charge in [0.25, 0.3) is 0 Å². The number of aromatic carboxylic acids is 2. The average molecular weight is 514 g/mol. The van der Waals surface area contributed by atoms with Crippen molar-refractivity contribution in [3.63, 3.8) is 0 Å². The number of benzene rings is 3. The Morgan fingerprint density at radius 2 is 0.943 bits per heavy atom. The van der Waals surface area contributed by atoms with E-state index in [-0.39, 0.29) is 28.2 Å². The van der Waals surface area contributed by atoms with Crippen LogP contribution in [0.3, 0.4) is 0 Å². The summed E-state index contributed by atoms with van der Waals surface area (Å²) in [7, 11) is 0. The predicted octanol–water partition coefficient (Wildman–Crippen LogP) is 3.50. The van der Waals surface area contributed by atoms with E-state index in [0.29, 0.717) is 0 Å². The van der Waals surface area contributed by atoms with Crippen molar-refractivity contribution in [2.75, 3.05) is 0 Å². The zero-order chi connectivity index (χ0) is 24.5. The molecule has 3 aromatic carbocycles. The van der Waals surface area contributed by atoms with Crippen molar-refractivity contribution in [1.82, 2.24) is 9.97 Å². The first-order valence-corrected chi connectivity index (χ1v) is 10.5. The molecule has 0 aliphatic carbocycles. The number of pyridine rings is 2. The molecule has 0 saturated heterocycles. The van der Waals surface area contributed by atoms with E-state index < -0.39 is 11.9 Å². The van der Waals surface area contributed by atoms with Gasteiger partial charge >= 0.3 is 17.1 Å². The van der Waals surface area contributed by atoms with Crippen molar-refractivity contribution < 1.29 is 36.9 Å². The van der Waals surface area contributed by atoms with Gasteiger partial charge in [0.1, 0.15) is 0 Å². The van der Waals surface area contributed by atoms with Gasteiger partial charge in [0.15, 0.2) is 0 Å². The van der Waals surface area contributed by atoms with E-state index in [1.54, 1.807) is 62.6 Å². The van der Waals surface area contributed by atoms with Crippen LogP contribution in [0.15, 0.2) is 97.3 Å². The fraction of sp³-hybridized carbons (Fsp3) is 0.0714. The molecule has 5 rings (SSSR count). The molecule has 0 aliphatic heterocycles. The number of rotatable bonds is 2. The molecule has 0 N–H and O–H groups in total. The van der Waals surface area contributed by atoms with Crippen molar-refractivity contribution >= 4 is 33.7 Å². The van der Waals surface area contributed by atoms with E-state index in [9.17, 15) is 19.8 Å². The van der Waals surface area contributed by atoms with Crippen LogP contribution in [0.2, 0.25) is 0 Å². The number of fused-ring (bicyclic) bond motifs is 3. The third-order valence-corrected chi connectivity index (χ3v) is 5.07. The largest absolute Gasteiger partial charge is 2.00 e. The maximum Gasteiger partial charge on any atom is 2.00 e. The normalized spacial score (nSPS) is 9.66. The Balaban J connectivity index is 0.000000187. The summed E-state index contributed by atoms with van der Waals surface area (Å²) in [5.41, 5.74) is 3.96. The number of carboxylic acids is 2. The van der Waals surface area contributed by atoms with E-state index in [1.165, 1.54) is 12.1 Å². The Morgan fingerprint density at radius 3 is 1.26 bits per heavy atom. The maximum atomic E-state index is 10.3. The summed E-state index contributed by atoms with van der Waals surface area (Å²) in [6, 6.07) is 25.6. The van der Waals surface area contributed by atoms with Crippen LogP contribution >= 0.6 is 0 Å². The van der Waals surface area contributed by atoms with Crippen molar-refractivity contribution in [2.24, 2.45) is 0 Å². The molecule has 6 nitrogen and oxygen atoms in total. The van der Waals surface area contributed by atoms with Gasteiger partial charge in [-0.05, 0) is 37.1 Å². The second kappa shape index (κ2) is 13.0. The van der Waals surface area contributed by atoms with Crippen LogP contribution in [0.4, 0.5) is 0 Å². The van der Waals surface area contributed by atoms with Crippen molar-refractivity contribution in [3.05, 3.63) is 120 Å². The zero-order valence-corrected chi connectivity index (χ0v) is 20.0. The Labute approximate surface area is 213 Å². The van der Waals surface area contributed by atoms with E-state index in [0.717, 1.165) is 32.9 Å². The predicted molar refractivity (Wildman–Crippen MR) is 128 cm³/mol. The van der Waals surface area contributed by atoms with Crippen molar-refractivity contribution in [2.45, 2.75) is 13.8 Å². The number of aromatic nitrogens is 2. The summed E-state index contributed by atoms with van der Waals surface area (Å²) in [5, 5.41) is 22.9. The summed E-state index contributed by atoms with van der Waals surface area (Å²) in [5.74, 6) is -2.23. The number of hydrogen-bond acceptors (Lipinski definition) is 6. The quantitative estimate of drug-likeness (QED) is 0.264. The zero-order valence-electron chi connectivity index (χ0n) is 19.1. The first-order valence-electron chi connectivity index (χ1n) is 10.5. The molecular formula is C28H22CuN2O4. The molecular weight excluding hydrogens is 492 g/mol. The number of aryl methyl sites for hydroxylation is 2. The Hall–Kier alpha value is -4.06. The average Bonchev–Trinajstić information content (AvgIpc) is 2.85. The standard InChI is InChI=1S/C12H8N2.2C8H8O2.Cu/c1-3-9-5-6-10-4-2-8-14-12(10)11(9)13-7-1;2*1-6-4-2-3-5-7(6)8(9)10;/h1-8H;2*2-5H,1H3,(H,9,10);/q;;;+2/p-2. The fourth-order valence-electron chi connectivity index (χ4n) is 3.28.